The van der Waals surface area contributed by atoms with Crippen molar-refractivity contribution in [3.05, 3.63) is 21.0 Å². The van der Waals surface area contributed by atoms with Crippen molar-refractivity contribution in [3.8, 4) is 0 Å². The second-order valence-corrected chi connectivity index (χ2v) is 3.89. The summed E-state index contributed by atoms with van der Waals surface area (Å²) < 4.78 is 1.62. The van der Waals surface area contributed by atoms with Gasteiger partial charge in [-0.2, -0.15) is 0 Å². The number of halogens is 2. The van der Waals surface area contributed by atoms with Crippen molar-refractivity contribution >= 4 is 17.7 Å². The molecule has 0 nitrogen and oxygen atoms in total. The van der Waals surface area contributed by atoms with Gasteiger partial charge in [-0.25, -0.2) is 0 Å². The van der Waals surface area contributed by atoms with E-state index in [9.17, 15) is 0 Å². The molecule has 0 heterocycles. The number of hydrogen-bond acceptors (Lipinski definition) is 0. The molecular formula is C10H13Cl2HfLi. The Balaban J connectivity index is 0. The zero-order valence-electron chi connectivity index (χ0n) is 8.95. The second kappa shape index (κ2) is 6.97. The number of rotatable bonds is 0. The van der Waals surface area contributed by atoms with Gasteiger partial charge < -0.3 is 24.8 Å². The monoisotopic (exact) mass is 390 g/mol. The van der Waals surface area contributed by atoms with Gasteiger partial charge in [0.25, 0.3) is 0 Å². The first-order chi connectivity index (χ1) is 5.22. The zero-order valence-corrected chi connectivity index (χ0v) is 14.1. The maximum atomic E-state index is 2.35. The molecule has 2 rings (SSSR count). The Morgan fingerprint density at radius 3 is 2.29 bits per heavy atom. The predicted molar refractivity (Wildman–Crippen MR) is 48.5 cm³/mol. The molecular weight excluding hydrogens is 376 g/mol. The summed E-state index contributed by atoms with van der Waals surface area (Å²) in [5, 5.41) is 0. The average molecular weight is 390 g/mol. The molecule has 0 radical (unpaired) electrons. The molecule has 0 amide bonds. The van der Waals surface area contributed by atoms with Crippen LogP contribution in [0.1, 0.15) is 33.1 Å². The summed E-state index contributed by atoms with van der Waals surface area (Å²) in [6, 6.07) is 0. The fraction of sp³-hybridized carbons (Fsp3) is 0.600. The molecule has 4 heteroatoms. The van der Waals surface area contributed by atoms with E-state index in [1.165, 1.54) is 19.3 Å². The van der Waals surface area contributed by atoms with Crippen molar-refractivity contribution in [2.75, 3.05) is 0 Å². The molecule has 0 aromatic carbocycles. The molecule has 0 saturated carbocycles. The molecule has 2 aliphatic rings. The Morgan fingerprint density at radius 1 is 1.21 bits per heavy atom. The summed E-state index contributed by atoms with van der Waals surface area (Å²) in [4.78, 5) is 0. The van der Waals surface area contributed by atoms with Crippen LogP contribution >= 0.6 is 0 Å². The van der Waals surface area contributed by atoms with E-state index < -0.39 is 0 Å². The summed E-state index contributed by atoms with van der Waals surface area (Å²) in [6.07, 6.45) is 4.12. The molecule has 0 saturated heterocycles. The zero-order chi connectivity index (χ0) is 8.01. The summed E-state index contributed by atoms with van der Waals surface area (Å²) in [5.41, 5.74) is 5.06. The fourth-order valence-corrected chi connectivity index (χ4v) is 2.50. The third-order valence-electron chi connectivity index (χ3n) is 3.48. The van der Waals surface area contributed by atoms with E-state index in [2.05, 4.69) is 31.6 Å². The van der Waals surface area contributed by atoms with Gasteiger partial charge in [0.15, 0.2) is 0 Å². The van der Waals surface area contributed by atoms with Gasteiger partial charge in [0, 0.05) is 0 Å². The molecule has 0 aromatic heterocycles. The molecule has 0 aromatic rings. The summed E-state index contributed by atoms with van der Waals surface area (Å²) in [7, 11) is 0. The van der Waals surface area contributed by atoms with Crippen LogP contribution in [0.3, 0.4) is 0 Å². The van der Waals surface area contributed by atoms with Crippen LogP contribution in [0.25, 0.3) is 0 Å². The van der Waals surface area contributed by atoms with E-state index in [4.69, 9.17) is 0 Å². The topological polar surface area (TPSA) is 0 Å². The van der Waals surface area contributed by atoms with Crippen LogP contribution in [-0.2, 0) is 25.8 Å². The first-order valence-electron chi connectivity index (χ1n) is 4.61. The molecule has 1 atom stereocenters. The first-order valence-corrected chi connectivity index (χ1v) is 4.61. The van der Waals surface area contributed by atoms with Crippen molar-refractivity contribution in [3.63, 3.8) is 0 Å². The molecule has 1 unspecified atom stereocenters. The Morgan fingerprint density at radius 2 is 1.79 bits per heavy atom. The average Bonchev–Trinajstić information content (AvgIpc) is 2.53. The number of hydrogen-bond donors (Lipinski definition) is 0. The van der Waals surface area contributed by atoms with Crippen LogP contribution in [0.15, 0.2) is 21.0 Å². The van der Waals surface area contributed by atoms with Crippen LogP contribution in [0.5, 0.6) is 0 Å². The molecule has 0 aliphatic heterocycles. The van der Waals surface area contributed by atoms with Crippen LogP contribution in [0, 0.1) is 5.92 Å². The van der Waals surface area contributed by atoms with Crippen molar-refractivity contribution in [2.45, 2.75) is 33.1 Å². The van der Waals surface area contributed by atoms with E-state index in [-0.39, 0.29) is 50.7 Å². The van der Waals surface area contributed by atoms with Crippen molar-refractivity contribution in [1.82, 2.24) is 0 Å². The van der Waals surface area contributed by atoms with Crippen LogP contribution in [0.4, 0.5) is 0 Å². The van der Waals surface area contributed by atoms with E-state index in [1.54, 1.807) is 21.0 Å². The molecule has 0 N–H and O–H groups in total. The third kappa shape index (κ3) is 2.80. The Hall–Kier alpha value is 1.53. The predicted octanol–water partition coefficient (Wildman–Crippen LogP) is -3.44. The molecule has 14 heavy (non-hydrogen) atoms. The van der Waals surface area contributed by atoms with Gasteiger partial charge in [-0.3, -0.25) is 0 Å². The van der Waals surface area contributed by atoms with Gasteiger partial charge in [-0.1, -0.05) is 0 Å². The van der Waals surface area contributed by atoms with Crippen LogP contribution < -0.4 is 24.8 Å². The summed E-state index contributed by atoms with van der Waals surface area (Å²) in [5.74, 6) is 0.771. The molecule has 0 bridgehead atoms. The van der Waals surface area contributed by atoms with Crippen LogP contribution in [0.2, 0.25) is 0 Å². The normalized spacial score (nSPS) is 23.9. The van der Waals surface area contributed by atoms with Crippen molar-refractivity contribution in [1.29, 1.82) is 0 Å². The SMILES string of the molecule is [Cl-].[Cl-].[Hf+2].[Li][C]1=C(C)C2=C(CCC2)C1C. The Labute approximate surface area is 127 Å². The van der Waals surface area contributed by atoms with Gasteiger partial charge in [0.2, 0.25) is 0 Å². The van der Waals surface area contributed by atoms with Crippen molar-refractivity contribution in [2.24, 2.45) is 5.92 Å². The van der Waals surface area contributed by atoms with E-state index in [0.717, 1.165) is 5.92 Å². The number of allylic oxidation sites excluding steroid dienone is 4. The van der Waals surface area contributed by atoms with E-state index in [0.29, 0.717) is 0 Å². The third-order valence-corrected chi connectivity index (χ3v) is 3.48. The summed E-state index contributed by atoms with van der Waals surface area (Å²) in [6.45, 7) is 4.64. The Bertz CT molecular complexity index is 271. The van der Waals surface area contributed by atoms with Gasteiger partial charge in [-0.15, -0.1) is 0 Å². The van der Waals surface area contributed by atoms with Gasteiger partial charge in [0.05, 0.1) is 0 Å². The van der Waals surface area contributed by atoms with E-state index in [1.807, 2.05) is 0 Å². The minimum atomic E-state index is 0. The standard InChI is InChI=1S/C10H13.2ClH.Hf.Li/c1-7-6-8(2)10-5-3-4-9(7)10;;;;/h7H,3-5H2,1-2H3;2*1H;;/q;;;+2;/p-2. The molecule has 0 fully saturated rings. The van der Waals surface area contributed by atoms with Crippen molar-refractivity contribution < 1.29 is 50.7 Å². The first kappa shape index (κ1) is 17.9. The fourth-order valence-electron chi connectivity index (χ4n) is 2.50. The molecule has 0 spiro atoms. The molecule has 2 aliphatic carbocycles. The van der Waals surface area contributed by atoms with Gasteiger partial charge >= 0.3 is 104 Å². The van der Waals surface area contributed by atoms with Gasteiger partial charge in [-0.05, 0) is 0 Å². The van der Waals surface area contributed by atoms with E-state index >= 15 is 0 Å². The maximum absolute atomic E-state index is 2.35. The second-order valence-electron chi connectivity index (χ2n) is 3.89. The Kier molecular flexibility index (Phi) is 8.92. The minimum absolute atomic E-state index is 0. The van der Waals surface area contributed by atoms with Crippen LogP contribution in [-0.4, -0.2) is 17.7 Å². The summed E-state index contributed by atoms with van der Waals surface area (Å²) >= 11 is 2.29. The quantitative estimate of drug-likeness (QED) is 0.379. The van der Waals surface area contributed by atoms with Gasteiger partial charge in [0.1, 0.15) is 0 Å². The molecule has 72 valence electrons.